The van der Waals surface area contributed by atoms with E-state index in [0.29, 0.717) is 18.7 Å². The van der Waals surface area contributed by atoms with Gasteiger partial charge in [0.05, 0.1) is 10.9 Å². The SMILES string of the molecule is CCCNS(=O)(=O)c1ccc(NC(=O)C(N)CCC)cc1. The van der Waals surface area contributed by atoms with Gasteiger partial charge in [0, 0.05) is 12.2 Å². The van der Waals surface area contributed by atoms with Crippen LogP contribution in [0.3, 0.4) is 0 Å². The first kappa shape index (κ1) is 17.6. The number of hydrogen-bond acceptors (Lipinski definition) is 4. The Balaban J connectivity index is 2.72. The highest BCUT2D eigenvalue weighted by atomic mass is 32.2. The fraction of sp³-hybridized carbons (Fsp3) is 0.500. The molecule has 1 unspecified atom stereocenters. The lowest BCUT2D eigenvalue weighted by atomic mass is 10.1. The first-order valence-corrected chi connectivity index (χ1v) is 8.55. The fourth-order valence-electron chi connectivity index (χ4n) is 1.71. The monoisotopic (exact) mass is 313 g/mol. The maximum Gasteiger partial charge on any atom is 0.241 e. The molecule has 1 atom stereocenters. The molecule has 0 aliphatic rings. The van der Waals surface area contributed by atoms with Gasteiger partial charge in [-0.15, -0.1) is 0 Å². The van der Waals surface area contributed by atoms with Crippen LogP contribution in [0.4, 0.5) is 5.69 Å². The third-order valence-corrected chi connectivity index (χ3v) is 4.39. The van der Waals surface area contributed by atoms with Gasteiger partial charge in [0.2, 0.25) is 15.9 Å². The number of rotatable bonds is 8. The van der Waals surface area contributed by atoms with Crippen LogP contribution in [0.25, 0.3) is 0 Å². The average molecular weight is 313 g/mol. The summed E-state index contributed by atoms with van der Waals surface area (Å²) in [6, 6.07) is 5.47. The Kier molecular flexibility index (Phi) is 6.80. The highest BCUT2D eigenvalue weighted by Crippen LogP contribution is 2.14. The molecule has 7 heteroatoms. The molecule has 0 spiro atoms. The van der Waals surface area contributed by atoms with E-state index in [9.17, 15) is 13.2 Å². The molecule has 0 heterocycles. The molecular formula is C14H23N3O3S. The van der Waals surface area contributed by atoms with Crippen molar-refractivity contribution in [3.8, 4) is 0 Å². The number of amides is 1. The summed E-state index contributed by atoms with van der Waals surface area (Å²) in [5, 5.41) is 2.67. The molecule has 0 saturated carbocycles. The predicted octanol–water partition coefficient (Wildman–Crippen LogP) is 1.44. The van der Waals surface area contributed by atoms with Gasteiger partial charge in [0.15, 0.2) is 0 Å². The van der Waals surface area contributed by atoms with Crippen LogP contribution in [0, 0.1) is 0 Å². The number of hydrogen-bond donors (Lipinski definition) is 3. The zero-order valence-electron chi connectivity index (χ0n) is 12.4. The van der Waals surface area contributed by atoms with Crippen molar-refractivity contribution in [3.05, 3.63) is 24.3 Å². The molecule has 4 N–H and O–H groups in total. The molecule has 1 aromatic carbocycles. The first-order valence-electron chi connectivity index (χ1n) is 7.07. The average Bonchev–Trinajstić information content (AvgIpc) is 2.46. The van der Waals surface area contributed by atoms with Crippen molar-refractivity contribution in [1.82, 2.24) is 4.72 Å². The van der Waals surface area contributed by atoms with Crippen molar-refractivity contribution in [2.75, 3.05) is 11.9 Å². The normalized spacial score (nSPS) is 12.9. The third kappa shape index (κ3) is 5.45. The number of sulfonamides is 1. The molecule has 1 amide bonds. The molecule has 0 fully saturated rings. The summed E-state index contributed by atoms with van der Waals surface area (Å²) < 4.78 is 26.3. The Morgan fingerprint density at radius 1 is 1.19 bits per heavy atom. The van der Waals surface area contributed by atoms with Crippen LogP contribution in [0.1, 0.15) is 33.1 Å². The Morgan fingerprint density at radius 2 is 1.81 bits per heavy atom. The van der Waals surface area contributed by atoms with Gasteiger partial charge in [-0.3, -0.25) is 4.79 Å². The van der Waals surface area contributed by atoms with Crippen molar-refractivity contribution in [1.29, 1.82) is 0 Å². The fourth-order valence-corrected chi connectivity index (χ4v) is 2.85. The van der Waals surface area contributed by atoms with Crippen LogP contribution in [0.15, 0.2) is 29.2 Å². The second kappa shape index (κ2) is 8.11. The number of benzene rings is 1. The topological polar surface area (TPSA) is 101 Å². The summed E-state index contributed by atoms with van der Waals surface area (Å²) in [6.07, 6.45) is 2.16. The summed E-state index contributed by atoms with van der Waals surface area (Å²) in [5.74, 6) is -0.267. The van der Waals surface area contributed by atoms with Gasteiger partial charge in [-0.1, -0.05) is 20.3 Å². The summed E-state index contributed by atoms with van der Waals surface area (Å²) in [5.41, 5.74) is 6.24. The second-order valence-corrected chi connectivity index (χ2v) is 6.57. The van der Waals surface area contributed by atoms with E-state index in [0.717, 1.165) is 12.8 Å². The number of carbonyl (C=O) groups excluding carboxylic acids is 1. The molecular weight excluding hydrogens is 290 g/mol. The van der Waals surface area contributed by atoms with E-state index in [4.69, 9.17) is 5.73 Å². The van der Waals surface area contributed by atoms with Crippen molar-refractivity contribution in [2.45, 2.75) is 44.0 Å². The largest absolute Gasteiger partial charge is 0.325 e. The standard InChI is InChI=1S/C14H23N3O3S/c1-3-5-13(15)14(18)17-11-6-8-12(9-7-11)21(19,20)16-10-4-2/h6-9,13,16H,3-5,10,15H2,1-2H3,(H,17,18). The molecule has 118 valence electrons. The van der Waals surface area contributed by atoms with Crippen LogP contribution >= 0.6 is 0 Å². The van der Waals surface area contributed by atoms with E-state index in [1.807, 2.05) is 13.8 Å². The number of nitrogens with two attached hydrogens (primary N) is 1. The van der Waals surface area contributed by atoms with E-state index >= 15 is 0 Å². The molecule has 1 aromatic rings. The lowest BCUT2D eigenvalue weighted by Crippen LogP contribution is -2.35. The zero-order valence-corrected chi connectivity index (χ0v) is 13.2. The molecule has 0 bridgehead atoms. The molecule has 6 nitrogen and oxygen atoms in total. The molecule has 0 aliphatic carbocycles. The number of anilines is 1. The van der Waals surface area contributed by atoms with Crippen molar-refractivity contribution in [3.63, 3.8) is 0 Å². The van der Waals surface area contributed by atoms with Gasteiger partial charge in [0.1, 0.15) is 0 Å². The van der Waals surface area contributed by atoms with E-state index in [2.05, 4.69) is 10.0 Å². The van der Waals surface area contributed by atoms with Crippen LogP contribution in [0.2, 0.25) is 0 Å². The summed E-state index contributed by atoms with van der Waals surface area (Å²) in [4.78, 5) is 11.9. The lowest BCUT2D eigenvalue weighted by molar-refractivity contribution is -0.117. The predicted molar refractivity (Wildman–Crippen MR) is 83.4 cm³/mol. The minimum absolute atomic E-state index is 0.173. The Labute approximate surface area is 126 Å². The highest BCUT2D eigenvalue weighted by molar-refractivity contribution is 7.89. The smallest absolute Gasteiger partial charge is 0.241 e. The van der Waals surface area contributed by atoms with Gasteiger partial charge in [-0.05, 0) is 37.1 Å². The van der Waals surface area contributed by atoms with E-state index in [-0.39, 0.29) is 10.8 Å². The summed E-state index contributed by atoms with van der Waals surface area (Å²) in [6.45, 7) is 4.24. The van der Waals surface area contributed by atoms with Gasteiger partial charge in [-0.2, -0.15) is 0 Å². The maximum atomic E-state index is 11.9. The van der Waals surface area contributed by atoms with Crippen LogP contribution in [-0.2, 0) is 14.8 Å². The molecule has 0 aromatic heterocycles. The Bertz CT molecular complexity index is 555. The molecule has 21 heavy (non-hydrogen) atoms. The van der Waals surface area contributed by atoms with E-state index < -0.39 is 16.1 Å². The Morgan fingerprint density at radius 3 is 2.33 bits per heavy atom. The van der Waals surface area contributed by atoms with Crippen molar-refractivity contribution < 1.29 is 13.2 Å². The zero-order chi connectivity index (χ0) is 15.9. The molecule has 1 rings (SSSR count). The van der Waals surface area contributed by atoms with Crippen LogP contribution < -0.4 is 15.8 Å². The number of carbonyl (C=O) groups is 1. The van der Waals surface area contributed by atoms with Crippen molar-refractivity contribution >= 4 is 21.6 Å². The minimum Gasteiger partial charge on any atom is -0.325 e. The molecule has 0 aliphatic heterocycles. The quantitative estimate of drug-likeness (QED) is 0.676. The van der Waals surface area contributed by atoms with Crippen LogP contribution in [-0.4, -0.2) is 26.9 Å². The maximum absolute atomic E-state index is 11.9. The summed E-state index contributed by atoms with van der Waals surface area (Å²) in [7, 11) is -3.48. The lowest BCUT2D eigenvalue weighted by Gasteiger charge is -2.11. The van der Waals surface area contributed by atoms with E-state index in [1.54, 1.807) is 12.1 Å². The van der Waals surface area contributed by atoms with Crippen molar-refractivity contribution in [2.24, 2.45) is 5.73 Å². The van der Waals surface area contributed by atoms with Gasteiger partial charge in [0.25, 0.3) is 0 Å². The number of nitrogens with one attached hydrogen (secondary N) is 2. The molecule has 0 radical (unpaired) electrons. The molecule has 0 saturated heterocycles. The third-order valence-electron chi connectivity index (χ3n) is 2.91. The minimum atomic E-state index is -3.48. The first-order chi connectivity index (χ1) is 9.90. The van der Waals surface area contributed by atoms with E-state index in [1.165, 1.54) is 12.1 Å². The Hall–Kier alpha value is -1.44. The highest BCUT2D eigenvalue weighted by Gasteiger charge is 2.15. The van der Waals surface area contributed by atoms with Crippen LogP contribution in [0.5, 0.6) is 0 Å². The second-order valence-electron chi connectivity index (χ2n) is 4.81. The van der Waals surface area contributed by atoms with Gasteiger partial charge >= 0.3 is 0 Å². The van der Waals surface area contributed by atoms with Gasteiger partial charge < -0.3 is 11.1 Å². The van der Waals surface area contributed by atoms with Gasteiger partial charge in [-0.25, -0.2) is 13.1 Å². The summed E-state index contributed by atoms with van der Waals surface area (Å²) >= 11 is 0.